The molecule has 0 saturated carbocycles. The van der Waals surface area contributed by atoms with Crippen molar-refractivity contribution in [3.63, 3.8) is 0 Å². The van der Waals surface area contributed by atoms with E-state index in [1.807, 2.05) is 17.0 Å². The number of aliphatic hydroxyl groups is 1. The number of furan rings is 1. The van der Waals surface area contributed by atoms with Gasteiger partial charge in [0.05, 0.1) is 37.4 Å². The molecule has 1 aliphatic carbocycles. The maximum Gasteiger partial charge on any atom is 0.259 e. The number of nitrogens with zero attached hydrogens (tertiary/aromatic N) is 2. The maximum absolute atomic E-state index is 12.9. The van der Waals surface area contributed by atoms with Crippen molar-refractivity contribution in [3.05, 3.63) is 50.8 Å². The summed E-state index contributed by atoms with van der Waals surface area (Å²) in [6, 6.07) is 3.75. The maximum atomic E-state index is 12.9. The summed E-state index contributed by atoms with van der Waals surface area (Å²) < 4.78 is 11.1. The first-order chi connectivity index (χ1) is 15.4. The zero-order valence-electron chi connectivity index (χ0n) is 19.1. The molecular weight excluding hydrogens is 426 g/mol. The summed E-state index contributed by atoms with van der Waals surface area (Å²) in [7, 11) is 0. The highest BCUT2D eigenvalue weighted by Crippen LogP contribution is 2.35. The zero-order chi connectivity index (χ0) is 22.7. The van der Waals surface area contributed by atoms with E-state index >= 15 is 0 Å². The van der Waals surface area contributed by atoms with Gasteiger partial charge in [0.15, 0.2) is 0 Å². The van der Waals surface area contributed by atoms with Gasteiger partial charge in [0.25, 0.3) is 5.56 Å². The highest BCUT2D eigenvalue weighted by Gasteiger charge is 2.24. The van der Waals surface area contributed by atoms with Crippen LogP contribution in [0.5, 0.6) is 0 Å². The number of fused-ring (bicyclic) bond motifs is 3. The van der Waals surface area contributed by atoms with Crippen molar-refractivity contribution in [2.45, 2.75) is 59.2 Å². The van der Waals surface area contributed by atoms with Gasteiger partial charge in [-0.3, -0.25) is 9.69 Å². The SMILES string of the molecule is CC(C)COC[C@H](O)CN(Cc1nc2sc3c(c2c(=O)[nH]1)CC[C@H](C)C3)Cc1ccco1. The number of hydrogen-bond donors (Lipinski definition) is 2. The molecule has 8 heteroatoms. The lowest BCUT2D eigenvalue weighted by Gasteiger charge is -2.24. The molecule has 0 fully saturated rings. The second-order valence-corrected chi connectivity index (χ2v) is 10.5. The Morgan fingerprint density at radius 1 is 1.38 bits per heavy atom. The van der Waals surface area contributed by atoms with Crippen LogP contribution in [-0.2, 0) is 30.7 Å². The van der Waals surface area contributed by atoms with E-state index in [4.69, 9.17) is 14.1 Å². The largest absolute Gasteiger partial charge is 0.468 e. The highest BCUT2D eigenvalue weighted by molar-refractivity contribution is 7.18. The summed E-state index contributed by atoms with van der Waals surface area (Å²) in [6.45, 7) is 8.61. The number of thiophene rings is 1. The van der Waals surface area contributed by atoms with Crippen LogP contribution in [0.1, 0.15) is 49.2 Å². The normalized spacial score (nSPS) is 17.4. The quantitative estimate of drug-likeness (QED) is 0.480. The number of aromatic amines is 1. The number of aryl methyl sites for hydroxylation is 1. The van der Waals surface area contributed by atoms with Crippen LogP contribution in [0.3, 0.4) is 0 Å². The van der Waals surface area contributed by atoms with Gasteiger partial charge in [-0.25, -0.2) is 4.98 Å². The minimum Gasteiger partial charge on any atom is -0.468 e. The number of aliphatic hydroxyl groups excluding tert-OH is 1. The first kappa shape index (κ1) is 23.2. The fraction of sp³-hybridized carbons (Fsp3) is 0.583. The molecule has 0 unspecified atom stereocenters. The van der Waals surface area contributed by atoms with Crippen molar-refractivity contribution >= 4 is 21.6 Å². The topological polar surface area (TPSA) is 91.6 Å². The van der Waals surface area contributed by atoms with E-state index in [0.717, 1.165) is 35.2 Å². The lowest BCUT2D eigenvalue weighted by molar-refractivity contribution is 0.00421. The number of rotatable bonds is 10. The fourth-order valence-corrected chi connectivity index (χ4v) is 5.68. The second-order valence-electron chi connectivity index (χ2n) is 9.38. The number of ether oxygens (including phenoxy) is 1. The molecule has 2 N–H and O–H groups in total. The van der Waals surface area contributed by atoms with E-state index in [-0.39, 0.29) is 12.2 Å². The monoisotopic (exact) mass is 459 g/mol. The molecule has 4 rings (SSSR count). The van der Waals surface area contributed by atoms with Crippen molar-refractivity contribution in [1.82, 2.24) is 14.9 Å². The average molecular weight is 460 g/mol. The number of hydrogen-bond acceptors (Lipinski definition) is 7. The lowest BCUT2D eigenvalue weighted by atomic mass is 9.89. The Kier molecular flexibility index (Phi) is 7.45. The zero-order valence-corrected chi connectivity index (χ0v) is 19.9. The standard InChI is InChI=1S/C24H33N3O4S/c1-15(2)13-30-14-17(28)10-27(11-18-5-4-8-31-18)12-21-25-23(29)22-19-7-6-16(3)9-20(19)32-24(22)26-21/h4-5,8,15-17,28H,6-7,9-14H2,1-3H3,(H,25,26,29)/t16-,17+/m0/s1. The van der Waals surface area contributed by atoms with Crippen LogP contribution in [0.2, 0.25) is 0 Å². The van der Waals surface area contributed by atoms with Gasteiger partial charge >= 0.3 is 0 Å². The molecule has 3 heterocycles. The third-order valence-corrected chi connectivity index (χ3v) is 6.93. The molecule has 0 amide bonds. The van der Waals surface area contributed by atoms with E-state index in [1.54, 1.807) is 17.6 Å². The fourth-order valence-electron chi connectivity index (χ4n) is 4.28. The van der Waals surface area contributed by atoms with Crippen molar-refractivity contribution in [2.24, 2.45) is 11.8 Å². The molecule has 2 atom stereocenters. The first-order valence-electron chi connectivity index (χ1n) is 11.4. The van der Waals surface area contributed by atoms with E-state index < -0.39 is 6.10 Å². The Morgan fingerprint density at radius 3 is 2.97 bits per heavy atom. The smallest absolute Gasteiger partial charge is 0.259 e. The molecular formula is C24H33N3O4S. The molecule has 1 aliphatic rings. The number of aromatic nitrogens is 2. The van der Waals surface area contributed by atoms with Crippen LogP contribution in [0.4, 0.5) is 0 Å². The first-order valence-corrected chi connectivity index (χ1v) is 12.2. The summed E-state index contributed by atoms with van der Waals surface area (Å²) in [5.41, 5.74) is 1.13. The second kappa shape index (κ2) is 10.3. The highest BCUT2D eigenvalue weighted by atomic mass is 32.1. The Morgan fingerprint density at radius 2 is 2.22 bits per heavy atom. The van der Waals surface area contributed by atoms with Crippen LogP contribution in [0.15, 0.2) is 27.6 Å². The van der Waals surface area contributed by atoms with Crippen molar-refractivity contribution in [3.8, 4) is 0 Å². The predicted octanol–water partition coefficient (Wildman–Crippen LogP) is 3.74. The third kappa shape index (κ3) is 5.67. The molecule has 0 saturated heterocycles. The van der Waals surface area contributed by atoms with Gasteiger partial charge < -0.3 is 19.2 Å². The van der Waals surface area contributed by atoms with Crippen molar-refractivity contribution in [2.75, 3.05) is 19.8 Å². The molecule has 0 spiro atoms. The van der Waals surface area contributed by atoms with Gasteiger partial charge in [-0.05, 0) is 48.8 Å². The summed E-state index contributed by atoms with van der Waals surface area (Å²) >= 11 is 1.65. The molecule has 32 heavy (non-hydrogen) atoms. The van der Waals surface area contributed by atoms with Crippen LogP contribution in [0, 0.1) is 11.8 Å². The molecule has 0 radical (unpaired) electrons. The third-order valence-electron chi connectivity index (χ3n) is 5.78. The van der Waals surface area contributed by atoms with Gasteiger partial charge in [-0.1, -0.05) is 20.8 Å². The van der Waals surface area contributed by atoms with Gasteiger partial charge in [-0.15, -0.1) is 11.3 Å². The van der Waals surface area contributed by atoms with Crippen LogP contribution < -0.4 is 5.56 Å². The Labute approximate surface area is 192 Å². The van der Waals surface area contributed by atoms with Crippen molar-refractivity contribution in [1.29, 1.82) is 0 Å². The van der Waals surface area contributed by atoms with Gasteiger partial charge in [0.1, 0.15) is 16.4 Å². The minimum atomic E-state index is -0.644. The average Bonchev–Trinajstić information content (AvgIpc) is 3.34. The van der Waals surface area contributed by atoms with E-state index in [9.17, 15) is 9.90 Å². The molecule has 0 bridgehead atoms. The summed E-state index contributed by atoms with van der Waals surface area (Å²) in [5, 5.41) is 11.3. The molecule has 3 aromatic heterocycles. The molecule has 174 valence electrons. The molecule has 0 aliphatic heterocycles. The molecule has 3 aromatic rings. The Hall–Kier alpha value is -2.00. The molecule has 7 nitrogen and oxygen atoms in total. The Balaban J connectivity index is 1.52. The van der Waals surface area contributed by atoms with Gasteiger partial charge in [-0.2, -0.15) is 0 Å². The number of H-pyrrole nitrogens is 1. The van der Waals surface area contributed by atoms with Crippen molar-refractivity contribution < 1.29 is 14.3 Å². The van der Waals surface area contributed by atoms with Gasteiger partial charge in [0, 0.05) is 18.0 Å². The van der Waals surface area contributed by atoms with E-state index in [1.165, 1.54) is 10.4 Å². The Bertz CT molecular complexity index is 1070. The lowest BCUT2D eigenvalue weighted by Crippen LogP contribution is -2.35. The van der Waals surface area contributed by atoms with Crippen LogP contribution in [-0.4, -0.2) is 45.8 Å². The summed E-state index contributed by atoms with van der Waals surface area (Å²) in [6.07, 6.45) is 4.09. The minimum absolute atomic E-state index is 0.0594. The summed E-state index contributed by atoms with van der Waals surface area (Å²) in [4.78, 5) is 24.9. The summed E-state index contributed by atoms with van der Waals surface area (Å²) in [5.74, 6) is 2.47. The van der Waals surface area contributed by atoms with Crippen LogP contribution in [0.25, 0.3) is 10.2 Å². The molecule has 0 aromatic carbocycles. The van der Waals surface area contributed by atoms with E-state index in [2.05, 4.69) is 25.8 Å². The number of nitrogens with one attached hydrogen (secondary N) is 1. The van der Waals surface area contributed by atoms with Gasteiger partial charge in [0.2, 0.25) is 0 Å². The predicted molar refractivity (Wildman–Crippen MR) is 126 cm³/mol. The van der Waals surface area contributed by atoms with E-state index in [0.29, 0.717) is 43.9 Å². The van der Waals surface area contributed by atoms with Crippen LogP contribution >= 0.6 is 11.3 Å².